The largest absolute Gasteiger partial charge is 0.284 e. The Hall–Kier alpha value is -2.61. The molecule has 0 bridgehead atoms. The average Bonchev–Trinajstić information content (AvgIpc) is 2.95. The lowest BCUT2D eigenvalue weighted by Crippen LogP contribution is -1.97. The number of rotatable bonds is 1. The summed E-state index contributed by atoms with van der Waals surface area (Å²) >= 11 is 0. The molecule has 0 aliphatic rings. The zero-order chi connectivity index (χ0) is 11.0. The minimum absolute atomic E-state index is 0.421. The lowest BCUT2D eigenvalue weighted by Gasteiger charge is -1.99. The maximum absolute atomic E-state index is 9.00. The van der Waals surface area contributed by atoms with E-state index in [1.807, 2.05) is 28.8 Å². The monoisotopic (exact) mass is 209 g/mol. The van der Waals surface area contributed by atoms with Gasteiger partial charge in [0.25, 0.3) is 0 Å². The summed E-state index contributed by atoms with van der Waals surface area (Å²) in [5.41, 5.74) is 1.22. The van der Waals surface area contributed by atoms with Crippen molar-refractivity contribution in [3.8, 4) is 12.0 Å². The van der Waals surface area contributed by atoms with Crippen molar-refractivity contribution in [2.45, 2.75) is 0 Å². The minimum atomic E-state index is 0.421. The van der Waals surface area contributed by atoms with Crippen LogP contribution in [0.15, 0.2) is 43.1 Å². The Labute approximate surface area is 91.2 Å². The second kappa shape index (κ2) is 3.21. The summed E-state index contributed by atoms with van der Waals surface area (Å²) in [6.07, 6.45) is 7.00. The van der Waals surface area contributed by atoms with Crippen LogP contribution in [0.3, 0.4) is 0 Å². The molecule has 0 spiro atoms. The fraction of sp³-hybridized carbons (Fsp3) is 0. The van der Waals surface area contributed by atoms with Crippen LogP contribution < -0.4 is 0 Å². The fourth-order valence-electron chi connectivity index (χ4n) is 1.66. The third-order valence-electron chi connectivity index (χ3n) is 2.37. The van der Waals surface area contributed by atoms with Gasteiger partial charge in [0.2, 0.25) is 5.95 Å². The van der Waals surface area contributed by atoms with E-state index in [1.165, 1.54) is 0 Å². The van der Waals surface area contributed by atoms with Gasteiger partial charge in [-0.25, -0.2) is 9.97 Å². The Balaban J connectivity index is 2.39. The molecular weight excluding hydrogens is 202 g/mol. The van der Waals surface area contributed by atoms with Crippen LogP contribution in [-0.4, -0.2) is 18.9 Å². The predicted octanol–water partition coefficient (Wildman–Crippen LogP) is 1.39. The topological polar surface area (TPSA) is 58.9 Å². The van der Waals surface area contributed by atoms with E-state index in [9.17, 15) is 0 Å². The summed E-state index contributed by atoms with van der Waals surface area (Å²) in [6, 6.07) is 7.74. The quantitative estimate of drug-likeness (QED) is 0.608. The molecule has 0 atom stereocenters. The summed E-state index contributed by atoms with van der Waals surface area (Å²) in [4.78, 5) is 8.24. The molecule has 0 radical (unpaired) electrons. The molecule has 76 valence electrons. The van der Waals surface area contributed by atoms with Gasteiger partial charge in [0.15, 0.2) is 5.69 Å². The maximum atomic E-state index is 9.00. The number of nitriles is 1. The van der Waals surface area contributed by atoms with Gasteiger partial charge >= 0.3 is 0 Å². The van der Waals surface area contributed by atoms with Crippen molar-refractivity contribution in [2.75, 3.05) is 0 Å². The van der Waals surface area contributed by atoms with Crippen LogP contribution in [0.5, 0.6) is 0 Å². The lowest BCUT2D eigenvalue weighted by molar-refractivity contribution is 0.919. The zero-order valence-corrected chi connectivity index (χ0v) is 8.28. The van der Waals surface area contributed by atoms with Gasteiger partial charge in [-0.15, -0.1) is 0 Å². The van der Waals surface area contributed by atoms with Crippen molar-refractivity contribution in [3.05, 3.63) is 48.8 Å². The first kappa shape index (κ1) is 8.68. The molecule has 0 saturated heterocycles. The van der Waals surface area contributed by atoms with Crippen LogP contribution >= 0.6 is 0 Å². The molecule has 0 amide bonds. The Kier molecular flexibility index (Phi) is 1.74. The van der Waals surface area contributed by atoms with Gasteiger partial charge in [-0.05, 0) is 12.1 Å². The van der Waals surface area contributed by atoms with Crippen molar-refractivity contribution in [1.29, 1.82) is 5.26 Å². The van der Waals surface area contributed by atoms with Crippen LogP contribution in [-0.2, 0) is 0 Å². The molecule has 0 saturated carbocycles. The van der Waals surface area contributed by atoms with Gasteiger partial charge in [-0.1, -0.05) is 6.07 Å². The van der Waals surface area contributed by atoms with Crippen molar-refractivity contribution < 1.29 is 0 Å². The van der Waals surface area contributed by atoms with Crippen molar-refractivity contribution in [1.82, 2.24) is 18.9 Å². The molecule has 16 heavy (non-hydrogen) atoms. The molecule has 0 aliphatic carbocycles. The molecule has 5 heteroatoms. The van der Waals surface area contributed by atoms with Gasteiger partial charge in [-0.3, -0.25) is 8.97 Å². The zero-order valence-electron chi connectivity index (χ0n) is 8.28. The number of fused-ring (bicyclic) bond motifs is 1. The van der Waals surface area contributed by atoms with Gasteiger partial charge < -0.3 is 0 Å². The van der Waals surface area contributed by atoms with E-state index < -0.39 is 0 Å². The normalized spacial score (nSPS) is 10.4. The van der Waals surface area contributed by atoms with E-state index in [1.54, 1.807) is 23.3 Å². The SMILES string of the molecule is N#Cc1nc(-n2ccnc2)n2ccccc12. The highest BCUT2D eigenvalue weighted by Gasteiger charge is 2.10. The molecule has 3 aromatic rings. The molecule has 5 nitrogen and oxygen atoms in total. The fourth-order valence-corrected chi connectivity index (χ4v) is 1.66. The number of imidazole rings is 2. The van der Waals surface area contributed by atoms with Crippen LogP contribution in [0.1, 0.15) is 5.69 Å². The molecule has 0 aliphatic heterocycles. The Morgan fingerprint density at radius 3 is 2.94 bits per heavy atom. The molecule has 0 aromatic carbocycles. The van der Waals surface area contributed by atoms with Crippen molar-refractivity contribution in [2.24, 2.45) is 0 Å². The van der Waals surface area contributed by atoms with Gasteiger partial charge in [0, 0.05) is 18.6 Å². The van der Waals surface area contributed by atoms with E-state index in [-0.39, 0.29) is 0 Å². The number of aromatic nitrogens is 4. The van der Waals surface area contributed by atoms with Crippen LogP contribution in [0.25, 0.3) is 11.5 Å². The number of nitrogens with zero attached hydrogens (tertiary/aromatic N) is 5. The van der Waals surface area contributed by atoms with E-state index in [4.69, 9.17) is 5.26 Å². The second-order valence-corrected chi connectivity index (χ2v) is 3.30. The van der Waals surface area contributed by atoms with E-state index in [0.29, 0.717) is 11.6 Å². The number of hydrogen-bond acceptors (Lipinski definition) is 3. The summed E-state index contributed by atoms with van der Waals surface area (Å²) in [5, 5.41) is 9.00. The molecule has 0 N–H and O–H groups in total. The van der Waals surface area contributed by atoms with Gasteiger partial charge in [-0.2, -0.15) is 5.26 Å². The Bertz CT molecular complexity index is 672. The lowest BCUT2D eigenvalue weighted by atomic mass is 10.3. The smallest absolute Gasteiger partial charge is 0.221 e. The minimum Gasteiger partial charge on any atom is -0.284 e. The molecule has 0 unspecified atom stereocenters. The predicted molar refractivity (Wildman–Crippen MR) is 57.0 cm³/mol. The summed E-state index contributed by atoms with van der Waals surface area (Å²) < 4.78 is 3.63. The highest BCUT2D eigenvalue weighted by atomic mass is 15.2. The van der Waals surface area contributed by atoms with E-state index in [2.05, 4.69) is 16.0 Å². The first-order valence-electron chi connectivity index (χ1n) is 4.75. The van der Waals surface area contributed by atoms with E-state index in [0.717, 1.165) is 5.52 Å². The van der Waals surface area contributed by atoms with Crippen LogP contribution in [0, 0.1) is 11.3 Å². The number of hydrogen-bond donors (Lipinski definition) is 0. The third-order valence-corrected chi connectivity index (χ3v) is 2.37. The molecule has 3 heterocycles. The third kappa shape index (κ3) is 1.10. The molecule has 0 fully saturated rings. The second-order valence-electron chi connectivity index (χ2n) is 3.30. The molecule has 3 aromatic heterocycles. The van der Waals surface area contributed by atoms with Gasteiger partial charge in [0.05, 0.1) is 5.52 Å². The number of pyridine rings is 1. The summed E-state index contributed by atoms with van der Waals surface area (Å²) in [6.45, 7) is 0. The highest BCUT2D eigenvalue weighted by Crippen LogP contribution is 2.14. The van der Waals surface area contributed by atoms with Gasteiger partial charge in [0.1, 0.15) is 12.4 Å². The van der Waals surface area contributed by atoms with E-state index >= 15 is 0 Å². The standard InChI is InChI=1S/C11H7N5/c12-7-9-10-3-1-2-5-16(10)11(14-9)15-6-4-13-8-15/h1-6,8H. The van der Waals surface area contributed by atoms with Crippen LogP contribution in [0.2, 0.25) is 0 Å². The highest BCUT2D eigenvalue weighted by molar-refractivity contribution is 5.60. The van der Waals surface area contributed by atoms with Crippen molar-refractivity contribution >= 4 is 5.52 Å². The molecular formula is C11H7N5. The maximum Gasteiger partial charge on any atom is 0.221 e. The Morgan fingerprint density at radius 2 is 2.19 bits per heavy atom. The van der Waals surface area contributed by atoms with Crippen LogP contribution in [0.4, 0.5) is 0 Å². The Morgan fingerprint density at radius 1 is 1.25 bits per heavy atom. The summed E-state index contributed by atoms with van der Waals surface area (Å²) in [7, 11) is 0. The summed E-state index contributed by atoms with van der Waals surface area (Å²) in [5.74, 6) is 0.671. The first-order chi connectivity index (χ1) is 7.90. The average molecular weight is 209 g/mol. The molecule has 3 rings (SSSR count). The first-order valence-corrected chi connectivity index (χ1v) is 4.75. The van der Waals surface area contributed by atoms with Crippen molar-refractivity contribution in [3.63, 3.8) is 0 Å².